The first-order valence-electron chi connectivity index (χ1n) is 9.61. The predicted molar refractivity (Wildman–Crippen MR) is 119 cm³/mol. The van der Waals surface area contributed by atoms with Gasteiger partial charge in [-0.05, 0) is 35.2 Å². The van der Waals surface area contributed by atoms with Gasteiger partial charge in [-0.3, -0.25) is 14.4 Å². The maximum atomic E-state index is 13.1. The normalized spacial score (nSPS) is 11.0. The Bertz CT molecular complexity index is 1110. The standard InChI is InChI=1S/C25H24N2O3/c1-25(2,3)19-12-10-17(11-13-19)23(29)20-8-5-9-21(26)22(20)27-24(30)18-7-4-6-16(14-18)15-28/h4-15H,26H2,1-3H3,(H,27,30). The van der Waals surface area contributed by atoms with Gasteiger partial charge in [-0.25, -0.2) is 0 Å². The van der Waals surface area contributed by atoms with Gasteiger partial charge >= 0.3 is 0 Å². The van der Waals surface area contributed by atoms with Crippen LogP contribution in [0.5, 0.6) is 0 Å². The van der Waals surface area contributed by atoms with E-state index in [0.717, 1.165) is 5.56 Å². The maximum Gasteiger partial charge on any atom is 0.255 e. The van der Waals surface area contributed by atoms with Gasteiger partial charge in [0.05, 0.1) is 11.4 Å². The zero-order chi connectivity index (χ0) is 21.9. The molecule has 0 saturated heterocycles. The van der Waals surface area contributed by atoms with Crippen LogP contribution in [0.15, 0.2) is 66.7 Å². The molecular formula is C25H24N2O3. The molecule has 0 unspecified atom stereocenters. The second-order valence-corrected chi connectivity index (χ2v) is 8.12. The van der Waals surface area contributed by atoms with Gasteiger partial charge in [-0.1, -0.05) is 63.2 Å². The van der Waals surface area contributed by atoms with Crippen LogP contribution in [0.3, 0.4) is 0 Å². The van der Waals surface area contributed by atoms with E-state index in [4.69, 9.17) is 5.73 Å². The summed E-state index contributed by atoms with van der Waals surface area (Å²) >= 11 is 0. The van der Waals surface area contributed by atoms with Crippen molar-refractivity contribution < 1.29 is 14.4 Å². The third kappa shape index (κ3) is 4.46. The number of nitrogen functional groups attached to an aromatic ring is 1. The fraction of sp³-hybridized carbons (Fsp3) is 0.160. The molecule has 3 aromatic carbocycles. The summed E-state index contributed by atoms with van der Waals surface area (Å²) in [5, 5.41) is 2.73. The van der Waals surface area contributed by atoms with Gasteiger partial charge < -0.3 is 11.1 Å². The number of carbonyl (C=O) groups is 3. The lowest BCUT2D eigenvalue weighted by Gasteiger charge is -2.19. The van der Waals surface area contributed by atoms with Crippen LogP contribution in [-0.4, -0.2) is 18.0 Å². The molecular weight excluding hydrogens is 376 g/mol. The number of ketones is 1. The Morgan fingerprint density at radius 1 is 0.900 bits per heavy atom. The van der Waals surface area contributed by atoms with Gasteiger partial charge in [-0.15, -0.1) is 0 Å². The van der Waals surface area contributed by atoms with Gasteiger partial charge in [0.2, 0.25) is 0 Å². The van der Waals surface area contributed by atoms with Crippen molar-refractivity contribution in [2.75, 3.05) is 11.1 Å². The highest BCUT2D eigenvalue weighted by Crippen LogP contribution is 2.28. The molecule has 0 bridgehead atoms. The average Bonchev–Trinajstić information content (AvgIpc) is 2.74. The van der Waals surface area contributed by atoms with E-state index in [1.807, 2.05) is 12.1 Å². The van der Waals surface area contributed by atoms with E-state index in [1.54, 1.807) is 48.5 Å². The topological polar surface area (TPSA) is 89.3 Å². The highest BCUT2D eigenvalue weighted by molar-refractivity contribution is 6.17. The SMILES string of the molecule is CC(C)(C)c1ccc(C(=O)c2cccc(N)c2NC(=O)c2cccc(C=O)c2)cc1. The van der Waals surface area contributed by atoms with Crippen LogP contribution in [0.1, 0.15) is 63.0 Å². The van der Waals surface area contributed by atoms with E-state index in [9.17, 15) is 14.4 Å². The summed E-state index contributed by atoms with van der Waals surface area (Å²) in [6.07, 6.45) is 0.670. The monoisotopic (exact) mass is 400 g/mol. The van der Waals surface area contributed by atoms with Crippen molar-refractivity contribution >= 4 is 29.4 Å². The molecule has 0 saturated carbocycles. The maximum absolute atomic E-state index is 13.1. The molecule has 5 heteroatoms. The van der Waals surface area contributed by atoms with Crippen LogP contribution in [0.25, 0.3) is 0 Å². The van der Waals surface area contributed by atoms with E-state index in [2.05, 4.69) is 26.1 Å². The molecule has 0 aliphatic carbocycles. The van der Waals surface area contributed by atoms with Crippen molar-refractivity contribution in [2.24, 2.45) is 0 Å². The number of hydrogen-bond acceptors (Lipinski definition) is 4. The van der Waals surface area contributed by atoms with Crippen molar-refractivity contribution in [3.8, 4) is 0 Å². The van der Waals surface area contributed by atoms with E-state index in [0.29, 0.717) is 28.5 Å². The number of anilines is 2. The van der Waals surface area contributed by atoms with Gasteiger partial charge in [0.25, 0.3) is 5.91 Å². The smallest absolute Gasteiger partial charge is 0.255 e. The van der Waals surface area contributed by atoms with Crippen molar-refractivity contribution in [1.29, 1.82) is 0 Å². The second-order valence-electron chi connectivity index (χ2n) is 8.12. The lowest BCUT2D eigenvalue weighted by atomic mass is 9.86. The molecule has 152 valence electrons. The zero-order valence-corrected chi connectivity index (χ0v) is 17.2. The number of rotatable bonds is 5. The van der Waals surface area contributed by atoms with Crippen LogP contribution in [0.4, 0.5) is 11.4 Å². The second kappa shape index (κ2) is 8.33. The Morgan fingerprint density at radius 3 is 2.20 bits per heavy atom. The van der Waals surface area contributed by atoms with Crippen LogP contribution in [0, 0.1) is 0 Å². The summed E-state index contributed by atoms with van der Waals surface area (Å²) in [4.78, 5) is 36.8. The number of amides is 1. The number of nitrogens with two attached hydrogens (primary N) is 1. The van der Waals surface area contributed by atoms with E-state index >= 15 is 0 Å². The minimum absolute atomic E-state index is 0.0199. The minimum atomic E-state index is -0.450. The van der Waals surface area contributed by atoms with Crippen LogP contribution in [-0.2, 0) is 5.41 Å². The third-order valence-electron chi connectivity index (χ3n) is 4.88. The first-order chi connectivity index (χ1) is 14.2. The minimum Gasteiger partial charge on any atom is -0.397 e. The summed E-state index contributed by atoms with van der Waals surface area (Å²) in [5.74, 6) is -0.687. The number of hydrogen-bond donors (Lipinski definition) is 2. The van der Waals surface area contributed by atoms with Crippen molar-refractivity contribution in [3.05, 3.63) is 94.5 Å². The molecule has 3 rings (SSSR count). The first-order valence-corrected chi connectivity index (χ1v) is 9.61. The average molecular weight is 400 g/mol. The lowest BCUT2D eigenvalue weighted by molar-refractivity contribution is 0.102. The lowest BCUT2D eigenvalue weighted by Crippen LogP contribution is -2.17. The molecule has 0 fully saturated rings. The summed E-state index contributed by atoms with van der Waals surface area (Å²) in [7, 11) is 0. The zero-order valence-electron chi connectivity index (χ0n) is 17.2. The van der Waals surface area contributed by atoms with Gasteiger partial charge in [0, 0.05) is 22.3 Å². The van der Waals surface area contributed by atoms with Crippen LogP contribution < -0.4 is 11.1 Å². The van der Waals surface area contributed by atoms with Gasteiger partial charge in [0.1, 0.15) is 6.29 Å². The van der Waals surface area contributed by atoms with Crippen molar-refractivity contribution in [1.82, 2.24) is 0 Å². The number of benzene rings is 3. The summed E-state index contributed by atoms with van der Waals surface area (Å²) < 4.78 is 0. The summed E-state index contributed by atoms with van der Waals surface area (Å²) in [6, 6.07) is 18.7. The molecule has 0 radical (unpaired) electrons. The fourth-order valence-corrected chi connectivity index (χ4v) is 3.11. The molecule has 1 amide bonds. The molecule has 0 atom stereocenters. The van der Waals surface area contributed by atoms with E-state index in [1.165, 1.54) is 6.07 Å². The third-order valence-corrected chi connectivity index (χ3v) is 4.88. The molecule has 0 aromatic heterocycles. The molecule has 3 N–H and O–H groups in total. The molecule has 0 spiro atoms. The van der Waals surface area contributed by atoms with Gasteiger partial charge in [0.15, 0.2) is 5.78 Å². The number of carbonyl (C=O) groups excluding carboxylic acids is 3. The first kappa shape index (κ1) is 21.0. The Hall–Kier alpha value is -3.73. The predicted octanol–water partition coefficient (Wildman–Crippen LogP) is 4.86. The summed E-state index contributed by atoms with van der Waals surface area (Å²) in [6.45, 7) is 6.32. The van der Waals surface area contributed by atoms with Crippen molar-refractivity contribution in [2.45, 2.75) is 26.2 Å². The Labute approximate surface area is 175 Å². The van der Waals surface area contributed by atoms with E-state index in [-0.39, 0.29) is 22.6 Å². The number of aldehydes is 1. The van der Waals surface area contributed by atoms with Crippen LogP contribution >= 0.6 is 0 Å². The molecule has 30 heavy (non-hydrogen) atoms. The molecule has 0 aliphatic rings. The van der Waals surface area contributed by atoms with Crippen LogP contribution in [0.2, 0.25) is 0 Å². The largest absolute Gasteiger partial charge is 0.397 e. The molecule has 0 aliphatic heterocycles. The number of para-hydroxylation sites is 1. The molecule has 5 nitrogen and oxygen atoms in total. The highest BCUT2D eigenvalue weighted by Gasteiger charge is 2.20. The summed E-state index contributed by atoms with van der Waals surface area (Å²) in [5.41, 5.74) is 9.22. The Balaban J connectivity index is 1.93. The molecule has 3 aromatic rings. The quantitative estimate of drug-likeness (QED) is 0.363. The highest BCUT2D eigenvalue weighted by atomic mass is 16.2. The molecule has 0 heterocycles. The van der Waals surface area contributed by atoms with Crippen molar-refractivity contribution in [3.63, 3.8) is 0 Å². The fourth-order valence-electron chi connectivity index (χ4n) is 3.11. The Morgan fingerprint density at radius 2 is 1.57 bits per heavy atom. The Kier molecular flexibility index (Phi) is 5.83. The van der Waals surface area contributed by atoms with E-state index < -0.39 is 5.91 Å². The number of nitrogens with one attached hydrogen (secondary N) is 1. The van der Waals surface area contributed by atoms with Gasteiger partial charge in [-0.2, -0.15) is 0 Å².